The Hall–Kier alpha value is -3.78. The molecule has 0 aliphatic carbocycles. The van der Waals surface area contributed by atoms with Crippen LogP contribution in [0, 0.1) is 17.0 Å². The average molecular weight is 420 g/mol. The fourth-order valence-corrected chi connectivity index (χ4v) is 2.75. The average Bonchev–Trinajstić information content (AvgIpc) is 2.78. The van der Waals surface area contributed by atoms with E-state index in [1.165, 1.54) is 6.07 Å². The maximum Gasteiger partial charge on any atom is 0.292 e. The molecule has 0 aliphatic rings. The molecular formula is C23H24N4O4. The van der Waals surface area contributed by atoms with Crippen molar-refractivity contribution in [1.29, 1.82) is 0 Å². The molecule has 0 spiro atoms. The van der Waals surface area contributed by atoms with Crippen LogP contribution < -0.4 is 10.1 Å². The molecule has 0 saturated carbocycles. The van der Waals surface area contributed by atoms with E-state index in [2.05, 4.69) is 15.5 Å². The number of azo groups is 1. The van der Waals surface area contributed by atoms with Crippen molar-refractivity contribution in [3.63, 3.8) is 0 Å². The normalized spacial score (nSPS) is 12.0. The van der Waals surface area contributed by atoms with Gasteiger partial charge in [0.2, 0.25) is 0 Å². The predicted molar refractivity (Wildman–Crippen MR) is 120 cm³/mol. The maximum absolute atomic E-state index is 11.2. The van der Waals surface area contributed by atoms with Gasteiger partial charge in [0.15, 0.2) is 0 Å². The zero-order chi connectivity index (χ0) is 22.2. The zero-order valence-electron chi connectivity index (χ0n) is 17.4. The van der Waals surface area contributed by atoms with Crippen molar-refractivity contribution < 1.29 is 14.8 Å². The van der Waals surface area contributed by atoms with Gasteiger partial charge in [-0.3, -0.25) is 10.1 Å². The number of aliphatic hydroxyl groups is 1. The van der Waals surface area contributed by atoms with Crippen molar-refractivity contribution >= 4 is 28.4 Å². The van der Waals surface area contributed by atoms with E-state index in [4.69, 9.17) is 4.74 Å². The van der Waals surface area contributed by atoms with Crippen molar-refractivity contribution in [2.24, 2.45) is 10.2 Å². The van der Waals surface area contributed by atoms with Crippen LogP contribution in [0.25, 0.3) is 0 Å². The van der Waals surface area contributed by atoms with Crippen molar-refractivity contribution in [1.82, 2.24) is 0 Å². The molecule has 3 rings (SSSR count). The van der Waals surface area contributed by atoms with Crippen molar-refractivity contribution in [3.8, 4) is 5.75 Å². The minimum absolute atomic E-state index is 0.00596. The summed E-state index contributed by atoms with van der Waals surface area (Å²) >= 11 is 0. The number of hydrogen-bond acceptors (Lipinski definition) is 7. The van der Waals surface area contributed by atoms with E-state index < -0.39 is 11.0 Å². The number of para-hydroxylation sites is 2. The summed E-state index contributed by atoms with van der Waals surface area (Å²) in [5.74, 6) is 0.552. The summed E-state index contributed by atoms with van der Waals surface area (Å²) in [5, 5.41) is 32.5. The number of rotatable bonds is 9. The van der Waals surface area contributed by atoms with Gasteiger partial charge in [-0.2, -0.15) is 5.11 Å². The second kappa shape index (κ2) is 10.3. The van der Waals surface area contributed by atoms with Gasteiger partial charge in [-0.05, 0) is 61.4 Å². The van der Waals surface area contributed by atoms with Crippen molar-refractivity contribution in [3.05, 3.63) is 82.4 Å². The van der Waals surface area contributed by atoms with Crippen LogP contribution in [0.2, 0.25) is 0 Å². The molecule has 1 atom stereocenters. The van der Waals surface area contributed by atoms with Crippen LogP contribution in [0.5, 0.6) is 5.75 Å². The first kappa shape index (κ1) is 21.9. The molecule has 0 fully saturated rings. The second-order valence-electron chi connectivity index (χ2n) is 6.99. The van der Waals surface area contributed by atoms with Gasteiger partial charge in [0.05, 0.1) is 16.7 Å². The molecule has 3 aromatic carbocycles. The Kier molecular flexibility index (Phi) is 7.29. The third-order valence-corrected chi connectivity index (χ3v) is 4.54. The maximum atomic E-state index is 11.2. The Bertz CT molecular complexity index is 1070. The van der Waals surface area contributed by atoms with Gasteiger partial charge < -0.3 is 15.2 Å². The van der Waals surface area contributed by atoms with E-state index in [0.29, 0.717) is 34.9 Å². The molecule has 8 heteroatoms. The summed E-state index contributed by atoms with van der Waals surface area (Å²) in [4.78, 5) is 10.7. The fourth-order valence-electron chi connectivity index (χ4n) is 2.75. The molecule has 0 aliphatic heterocycles. The zero-order valence-corrected chi connectivity index (χ0v) is 17.4. The molecule has 1 unspecified atom stereocenters. The highest BCUT2D eigenvalue weighted by Crippen LogP contribution is 2.31. The van der Waals surface area contributed by atoms with Gasteiger partial charge in [-0.15, -0.1) is 5.11 Å². The number of hydrogen-bond donors (Lipinski definition) is 2. The van der Waals surface area contributed by atoms with Crippen LogP contribution in [-0.4, -0.2) is 22.7 Å². The number of nitro benzene ring substituents is 1. The van der Waals surface area contributed by atoms with E-state index in [1.54, 1.807) is 42.5 Å². The fraction of sp³-hybridized carbons (Fsp3) is 0.217. The van der Waals surface area contributed by atoms with Gasteiger partial charge in [-0.1, -0.05) is 25.1 Å². The second-order valence-corrected chi connectivity index (χ2v) is 6.99. The number of ether oxygens (including phenoxy) is 1. The van der Waals surface area contributed by atoms with Gasteiger partial charge in [0, 0.05) is 11.8 Å². The molecule has 0 bridgehead atoms. The molecule has 3 aromatic rings. The lowest BCUT2D eigenvalue weighted by Gasteiger charge is -2.12. The smallest absolute Gasteiger partial charge is 0.292 e. The van der Waals surface area contributed by atoms with Gasteiger partial charge in [0.25, 0.3) is 5.69 Å². The Morgan fingerprint density at radius 1 is 1.10 bits per heavy atom. The quantitative estimate of drug-likeness (QED) is 0.243. The van der Waals surface area contributed by atoms with Crippen LogP contribution >= 0.6 is 0 Å². The molecular weight excluding hydrogens is 396 g/mol. The Morgan fingerprint density at radius 3 is 2.55 bits per heavy atom. The minimum atomic E-state index is -0.536. The Labute approximate surface area is 180 Å². The van der Waals surface area contributed by atoms with Crippen molar-refractivity contribution in [2.75, 3.05) is 11.9 Å². The Morgan fingerprint density at radius 2 is 1.84 bits per heavy atom. The highest BCUT2D eigenvalue weighted by Gasteiger charge is 2.12. The van der Waals surface area contributed by atoms with Crippen LogP contribution in [0.15, 0.2) is 77.0 Å². The van der Waals surface area contributed by atoms with E-state index in [1.807, 2.05) is 32.0 Å². The van der Waals surface area contributed by atoms with Gasteiger partial charge in [-0.25, -0.2) is 0 Å². The number of benzene rings is 3. The summed E-state index contributed by atoms with van der Waals surface area (Å²) in [6, 6.07) is 19.1. The van der Waals surface area contributed by atoms with E-state index >= 15 is 0 Å². The van der Waals surface area contributed by atoms with Crippen LogP contribution in [0.4, 0.5) is 28.4 Å². The third-order valence-electron chi connectivity index (χ3n) is 4.54. The molecule has 0 amide bonds. The summed E-state index contributed by atoms with van der Waals surface area (Å²) in [6.45, 7) is 4.03. The lowest BCUT2D eigenvalue weighted by Crippen LogP contribution is -2.16. The van der Waals surface area contributed by atoms with Crippen LogP contribution in [-0.2, 0) is 0 Å². The summed E-state index contributed by atoms with van der Waals surface area (Å²) < 4.78 is 5.68. The van der Waals surface area contributed by atoms with E-state index in [9.17, 15) is 15.2 Å². The van der Waals surface area contributed by atoms with Crippen LogP contribution in [0.1, 0.15) is 18.9 Å². The minimum Gasteiger partial charge on any atom is -0.489 e. The van der Waals surface area contributed by atoms with E-state index in [0.717, 1.165) is 5.56 Å². The number of nitrogens with zero attached hydrogens (tertiary/aromatic N) is 3. The standard InChI is InChI=1S/C23H24N4O4/c1-3-19(28)15-31-23-13-8-16(2)14-21(23)26-25-18-11-9-17(10-12-18)24-20-6-4-5-7-22(20)27(29)30/h4-14,19,24,28H,3,15H2,1-2H3. The molecule has 0 saturated heterocycles. The first-order chi connectivity index (χ1) is 15.0. The monoisotopic (exact) mass is 420 g/mol. The molecule has 2 N–H and O–H groups in total. The summed E-state index contributed by atoms with van der Waals surface area (Å²) in [6.07, 6.45) is 0.0708. The number of nitrogens with one attached hydrogen (secondary N) is 1. The summed E-state index contributed by atoms with van der Waals surface area (Å²) in [5.41, 5.74) is 3.33. The lowest BCUT2D eigenvalue weighted by atomic mass is 10.2. The van der Waals surface area contributed by atoms with Crippen LogP contribution in [0.3, 0.4) is 0 Å². The lowest BCUT2D eigenvalue weighted by molar-refractivity contribution is -0.383. The topological polar surface area (TPSA) is 109 Å². The molecule has 0 radical (unpaired) electrons. The number of anilines is 2. The molecule has 0 heterocycles. The molecule has 160 valence electrons. The third kappa shape index (κ3) is 6.10. The SMILES string of the molecule is CCC(O)COc1ccc(C)cc1N=Nc1ccc(Nc2ccccc2[N+](=O)[O-])cc1. The van der Waals surface area contributed by atoms with Gasteiger partial charge in [0.1, 0.15) is 23.7 Å². The van der Waals surface area contributed by atoms with E-state index in [-0.39, 0.29) is 12.3 Å². The molecule has 8 nitrogen and oxygen atoms in total. The molecule has 0 aromatic heterocycles. The largest absolute Gasteiger partial charge is 0.489 e. The van der Waals surface area contributed by atoms with Crippen molar-refractivity contribution in [2.45, 2.75) is 26.4 Å². The number of nitro groups is 1. The molecule has 31 heavy (non-hydrogen) atoms. The highest BCUT2D eigenvalue weighted by atomic mass is 16.6. The predicted octanol–water partition coefficient (Wildman–Crippen LogP) is 6.21. The number of aryl methyl sites for hydroxylation is 1. The summed E-state index contributed by atoms with van der Waals surface area (Å²) in [7, 11) is 0. The highest BCUT2D eigenvalue weighted by molar-refractivity contribution is 5.70. The first-order valence-electron chi connectivity index (χ1n) is 9.90. The number of aliphatic hydroxyl groups excluding tert-OH is 1. The Balaban J connectivity index is 1.73. The van der Waals surface area contributed by atoms with Gasteiger partial charge >= 0.3 is 0 Å². The first-order valence-corrected chi connectivity index (χ1v) is 9.90.